The van der Waals surface area contributed by atoms with E-state index in [2.05, 4.69) is 5.32 Å². The first-order valence-electron chi connectivity index (χ1n) is 22.3. The van der Waals surface area contributed by atoms with Crippen molar-refractivity contribution in [1.29, 1.82) is 0 Å². The molecule has 2 saturated carbocycles. The monoisotopic (exact) mass is 923 g/mol. The summed E-state index contributed by atoms with van der Waals surface area (Å²) in [6.07, 6.45) is -6.31. The fraction of sp³-hybridized carbons (Fsp3) is 0.620. The van der Waals surface area contributed by atoms with E-state index in [1.54, 1.807) is 102 Å². The summed E-state index contributed by atoms with van der Waals surface area (Å²) in [5.74, 6) is -4.11. The molecule has 3 fully saturated rings. The summed E-state index contributed by atoms with van der Waals surface area (Å²) in [5.41, 5.74) is -6.89. The van der Waals surface area contributed by atoms with Crippen molar-refractivity contribution < 1.29 is 62.4 Å². The molecule has 6 rings (SSSR count). The quantitative estimate of drug-likeness (QED) is 0.105. The number of aliphatic hydroxyl groups excluding tert-OH is 2. The Bertz CT molecular complexity index is 2200. The van der Waals surface area contributed by atoms with Crippen LogP contribution in [0.3, 0.4) is 0 Å². The molecule has 3 aliphatic carbocycles. The second kappa shape index (κ2) is 17.5. The molecule has 4 N–H and O–H groups in total. The van der Waals surface area contributed by atoms with Gasteiger partial charge in [0.2, 0.25) is 0 Å². The van der Waals surface area contributed by atoms with E-state index in [1.807, 2.05) is 33.3 Å². The molecule has 14 nitrogen and oxygen atoms in total. The summed E-state index contributed by atoms with van der Waals surface area (Å²) in [7, 11) is -2.15. The van der Waals surface area contributed by atoms with E-state index in [1.165, 1.54) is 13.8 Å². The number of alkyl carbamates (subject to hydrolysis) is 1. The number of aliphatic hydroxyl groups is 3. The van der Waals surface area contributed by atoms with Crippen molar-refractivity contribution >= 4 is 39.9 Å². The first-order chi connectivity index (χ1) is 29.9. The summed E-state index contributed by atoms with van der Waals surface area (Å²) in [4.78, 5) is 71.7. The molecule has 0 radical (unpaired) electrons. The molecule has 0 spiro atoms. The number of amides is 1. The molecule has 358 valence electrons. The second-order valence-corrected chi connectivity index (χ2v) is 25.4. The van der Waals surface area contributed by atoms with E-state index in [4.69, 9.17) is 23.1 Å². The molecule has 1 aliphatic heterocycles. The molecular formula is C50H69NO13S. The fourth-order valence-electron chi connectivity index (χ4n) is 10.6. The third-order valence-corrected chi connectivity index (χ3v) is 18.5. The van der Waals surface area contributed by atoms with Crippen LogP contribution < -0.4 is 5.32 Å². The SMILES string of the molecule is CC(=O)C[C@@]12COC1CC(O)[C@@]1(C)C(=O)C(O)C3=C(C)[C@@H](OC(=O)[C@H](OS(C)(C)C(C)(C)C)[C@@H](NC(=O)OC(C)(C)C)c4ccccc4)CC(O)(C(OC(=O)c4ccccc4)C21)C3(C)C. The Morgan fingerprint density at radius 3 is 2.03 bits per heavy atom. The van der Waals surface area contributed by atoms with Crippen molar-refractivity contribution in [2.75, 3.05) is 19.1 Å². The highest BCUT2D eigenvalue weighted by Gasteiger charge is 2.76. The minimum absolute atomic E-state index is 0.0268. The van der Waals surface area contributed by atoms with Gasteiger partial charge in [0.15, 0.2) is 11.9 Å². The molecule has 11 atom stereocenters. The zero-order chi connectivity index (χ0) is 48.5. The Morgan fingerprint density at radius 1 is 0.923 bits per heavy atom. The van der Waals surface area contributed by atoms with Crippen LogP contribution in [-0.4, -0.2) is 117 Å². The molecule has 1 saturated heterocycles. The van der Waals surface area contributed by atoms with Gasteiger partial charge >= 0.3 is 18.0 Å². The molecule has 1 amide bonds. The predicted molar refractivity (Wildman–Crippen MR) is 245 cm³/mol. The standard InChI is InChI=1S/C50H69NO13S/c1-28(52)25-49-27-60-34(49)24-33(53)48(11)39(49)41(62-42(56)31-22-18-15-19-23-31)50(59)26-32(29(2)35(47(50,9)10)37(54)40(48)55)61-43(57)38(64-65(12,13)46(6,7)8)36(30-20-16-14-17-21-30)51-44(58)63-45(3,4)5/h14-23,32-34,36-39,41,53-54,59H,24-27H2,1-13H3,(H,51,58)/t32-,33?,34?,36-,37?,38+,39?,41?,48+,49+,50?/m0/s1. The summed E-state index contributed by atoms with van der Waals surface area (Å²) < 4.78 is 31.1. The Balaban J connectivity index is 1.55. The van der Waals surface area contributed by atoms with Gasteiger partial charge in [-0.25, -0.2) is 14.4 Å². The van der Waals surface area contributed by atoms with Gasteiger partial charge in [0.25, 0.3) is 0 Å². The number of Topliss-reactive ketones (excluding diaryl/α,β-unsaturated/α-hetero) is 2. The lowest BCUT2D eigenvalue weighted by atomic mass is 9.41. The van der Waals surface area contributed by atoms with Crippen molar-refractivity contribution in [1.82, 2.24) is 5.32 Å². The Labute approximate surface area is 384 Å². The number of hydrogen-bond acceptors (Lipinski definition) is 13. The van der Waals surface area contributed by atoms with Crippen LogP contribution in [0.25, 0.3) is 0 Å². The molecule has 1 heterocycles. The molecule has 6 unspecified atom stereocenters. The van der Waals surface area contributed by atoms with Crippen LogP contribution in [-0.2, 0) is 37.5 Å². The number of ketones is 2. The summed E-state index contributed by atoms with van der Waals surface area (Å²) in [6, 6.07) is 15.7. The summed E-state index contributed by atoms with van der Waals surface area (Å²) in [6.45, 7) is 18.8. The van der Waals surface area contributed by atoms with Gasteiger partial charge in [0.05, 0.1) is 35.8 Å². The van der Waals surface area contributed by atoms with Crippen LogP contribution >= 0.6 is 10.3 Å². The second-order valence-electron chi connectivity index (χ2n) is 21.6. The van der Waals surface area contributed by atoms with Gasteiger partial charge in [-0.2, -0.15) is 0 Å². The Morgan fingerprint density at radius 2 is 1.51 bits per heavy atom. The number of hydrogen-bond donors (Lipinski definition) is 4. The van der Waals surface area contributed by atoms with Crippen molar-refractivity contribution in [3.8, 4) is 0 Å². The number of nitrogens with one attached hydrogen (secondary N) is 1. The van der Waals surface area contributed by atoms with Gasteiger partial charge in [-0.3, -0.25) is 4.79 Å². The molecule has 2 bridgehead atoms. The van der Waals surface area contributed by atoms with Crippen LogP contribution in [0.2, 0.25) is 0 Å². The number of benzene rings is 2. The van der Waals surface area contributed by atoms with Gasteiger partial charge < -0.3 is 48.6 Å². The van der Waals surface area contributed by atoms with Crippen molar-refractivity contribution in [3.05, 3.63) is 82.9 Å². The lowest BCUT2D eigenvalue weighted by Gasteiger charge is -2.68. The van der Waals surface area contributed by atoms with Crippen LogP contribution in [0.5, 0.6) is 0 Å². The van der Waals surface area contributed by atoms with E-state index in [0.717, 1.165) is 0 Å². The third-order valence-electron chi connectivity index (χ3n) is 14.8. The molecule has 65 heavy (non-hydrogen) atoms. The van der Waals surface area contributed by atoms with Crippen molar-refractivity contribution in [2.24, 2.45) is 22.2 Å². The Hall–Kier alpha value is -4.12. The maximum Gasteiger partial charge on any atom is 0.408 e. The number of esters is 2. The number of rotatable bonds is 11. The fourth-order valence-corrected chi connectivity index (χ4v) is 11.6. The zero-order valence-electron chi connectivity index (χ0n) is 40.1. The smallest absolute Gasteiger partial charge is 0.408 e. The van der Waals surface area contributed by atoms with E-state index in [9.17, 15) is 29.7 Å². The van der Waals surface area contributed by atoms with Crippen LogP contribution in [0.1, 0.15) is 117 Å². The lowest BCUT2D eigenvalue weighted by molar-refractivity contribution is -0.319. The Kier molecular flexibility index (Phi) is 13.5. The molecular weight excluding hydrogens is 855 g/mol. The van der Waals surface area contributed by atoms with Gasteiger partial charge in [-0.05, 0) is 82.9 Å². The van der Waals surface area contributed by atoms with E-state index in [-0.39, 0.29) is 41.9 Å². The number of ether oxygens (including phenoxy) is 4. The maximum atomic E-state index is 15.3. The molecule has 4 aliphatic rings. The first kappa shape index (κ1) is 50.3. The zero-order valence-corrected chi connectivity index (χ0v) is 40.9. The predicted octanol–water partition coefficient (Wildman–Crippen LogP) is 6.73. The van der Waals surface area contributed by atoms with E-state index in [0.29, 0.717) is 5.56 Å². The van der Waals surface area contributed by atoms with Gasteiger partial charge in [-0.15, -0.1) is 10.3 Å². The molecule has 2 aromatic carbocycles. The summed E-state index contributed by atoms with van der Waals surface area (Å²) >= 11 is 0. The highest BCUT2D eigenvalue weighted by atomic mass is 32.3. The highest BCUT2D eigenvalue weighted by molar-refractivity contribution is 8.29. The minimum atomic E-state index is -2.26. The number of carbonyl (C=O) groups excluding carboxylic acids is 5. The van der Waals surface area contributed by atoms with Crippen molar-refractivity contribution in [2.45, 2.75) is 154 Å². The van der Waals surface area contributed by atoms with Crippen molar-refractivity contribution in [3.63, 3.8) is 0 Å². The normalized spacial score (nSPS) is 32.2. The molecule has 2 aromatic rings. The largest absolute Gasteiger partial charge is 0.456 e. The van der Waals surface area contributed by atoms with Crippen LogP contribution in [0.4, 0.5) is 4.79 Å². The van der Waals surface area contributed by atoms with Crippen LogP contribution in [0, 0.1) is 22.2 Å². The number of fused-ring (bicyclic) bond motifs is 5. The minimum Gasteiger partial charge on any atom is -0.456 e. The van der Waals surface area contributed by atoms with Crippen LogP contribution in [0.15, 0.2) is 71.8 Å². The molecule has 0 aromatic heterocycles. The van der Waals surface area contributed by atoms with E-state index < -0.39 is 121 Å². The summed E-state index contributed by atoms with van der Waals surface area (Å²) in [5, 5.41) is 41.2. The van der Waals surface area contributed by atoms with Gasteiger partial charge in [0.1, 0.15) is 35.3 Å². The third kappa shape index (κ3) is 8.93. The van der Waals surface area contributed by atoms with Gasteiger partial charge in [-0.1, -0.05) is 83.1 Å². The molecule has 15 heteroatoms. The van der Waals surface area contributed by atoms with Gasteiger partial charge in [0, 0.05) is 40.8 Å². The first-order valence-corrected chi connectivity index (χ1v) is 24.7. The lowest BCUT2D eigenvalue weighted by Crippen LogP contribution is -2.78. The highest BCUT2D eigenvalue weighted by Crippen LogP contribution is 2.67. The maximum absolute atomic E-state index is 15.3. The average Bonchev–Trinajstić information content (AvgIpc) is 3.20. The topological polar surface area (TPSA) is 204 Å². The number of carbonyl (C=O) groups is 5. The average molecular weight is 924 g/mol. The van der Waals surface area contributed by atoms with E-state index >= 15 is 9.59 Å².